The number of carbonyl (C=O) groups is 2. The van der Waals surface area contributed by atoms with Gasteiger partial charge in [0.2, 0.25) is 5.43 Å². The van der Waals surface area contributed by atoms with Gasteiger partial charge in [-0.1, -0.05) is 11.3 Å². The summed E-state index contributed by atoms with van der Waals surface area (Å²) in [6.45, 7) is 3.81. The van der Waals surface area contributed by atoms with Gasteiger partial charge in [-0.05, 0) is 38.1 Å². The van der Waals surface area contributed by atoms with Gasteiger partial charge in [-0.15, -0.1) is 0 Å². The summed E-state index contributed by atoms with van der Waals surface area (Å²) in [6, 6.07) is 8.60. The van der Waals surface area contributed by atoms with Crippen molar-refractivity contribution in [1.82, 2.24) is 9.55 Å². The molecule has 11 heteroatoms. The molecule has 0 spiro atoms. The molecule has 0 saturated heterocycles. The zero-order valence-corrected chi connectivity index (χ0v) is 20.1. The minimum Gasteiger partial charge on any atom is -0.497 e. The molecule has 1 aromatic carbocycles. The van der Waals surface area contributed by atoms with E-state index in [4.69, 9.17) is 14.2 Å². The quantitative estimate of drug-likeness (QED) is 0.434. The van der Waals surface area contributed by atoms with E-state index in [0.29, 0.717) is 35.2 Å². The summed E-state index contributed by atoms with van der Waals surface area (Å²) in [5, 5.41) is 2.80. The standard InChI is InChI=1S/C23H25N3O7S/c1-14-21(22(29)31-4)34-23(24-14)25-19(28)13-33-20-15(2)26(10-9-18(20)27)11-12-32-17-7-5-16(30-3)6-8-17/h5-10H,11-13H2,1-4H3,(H,24,25,28). The van der Waals surface area contributed by atoms with Gasteiger partial charge in [0.25, 0.3) is 5.91 Å². The second-order valence-corrected chi connectivity index (χ2v) is 8.07. The number of ether oxygens (including phenoxy) is 4. The monoisotopic (exact) mass is 487 g/mol. The molecule has 1 N–H and O–H groups in total. The van der Waals surface area contributed by atoms with Gasteiger partial charge in [0.15, 0.2) is 17.5 Å². The Balaban J connectivity index is 1.58. The molecule has 0 unspecified atom stereocenters. The molecule has 3 aromatic rings. The summed E-state index contributed by atoms with van der Waals surface area (Å²) in [5.74, 6) is 0.474. The molecule has 0 aliphatic heterocycles. The lowest BCUT2D eigenvalue weighted by molar-refractivity contribution is -0.118. The first-order valence-corrected chi connectivity index (χ1v) is 11.1. The molecule has 0 fully saturated rings. The van der Waals surface area contributed by atoms with E-state index in [-0.39, 0.29) is 16.3 Å². The highest BCUT2D eigenvalue weighted by atomic mass is 32.1. The summed E-state index contributed by atoms with van der Waals surface area (Å²) < 4.78 is 22.9. The van der Waals surface area contributed by atoms with Crippen molar-refractivity contribution in [2.24, 2.45) is 0 Å². The Bertz CT molecular complexity index is 1220. The molecule has 0 radical (unpaired) electrons. The lowest BCUT2D eigenvalue weighted by atomic mass is 10.3. The average molecular weight is 488 g/mol. The third-order valence-electron chi connectivity index (χ3n) is 4.81. The fraction of sp³-hybridized carbons (Fsp3) is 0.304. The van der Waals surface area contributed by atoms with Crippen LogP contribution in [0.2, 0.25) is 0 Å². The summed E-state index contributed by atoms with van der Waals surface area (Å²) in [6.07, 6.45) is 1.65. The maximum Gasteiger partial charge on any atom is 0.350 e. The highest BCUT2D eigenvalue weighted by molar-refractivity contribution is 7.17. The summed E-state index contributed by atoms with van der Waals surface area (Å²) in [5.41, 5.74) is 0.680. The first-order valence-electron chi connectivity index (χ1n) is 10.3. The van der Waals surface area contributed by atoms with E-state index < -0.39 is 18.5 Å². The Hall–Kier alpha value is -3.86. The van der Waals surface area contributed by atoms with E-state index >= 15 is 0 Å². The van der Waals surface area contributed by atoms with Crippen LogP contribution in [0.3, 0.4) is 0 Å². The number of anilines is 1. The molecule has 10 nitrogen and oxygen atoms in total. The van der Waals surface area contributed by atoms with Crippen LogP contribution in [0.4, 0.5) is 5.13 Å². The van der Waals surface area contributed by atoms with Crippen LogP contribution in [0.15, 0.2) is 41.3 Å². The van der Waals surface area contributed by atoms with E-state index in [1.165, 1.54) is 13.2 Å². The molecule has 180 valence electrons. The SMILES string of the molecule is COC(=O)c1sc(NC(=O)COc2c(C)n(CCOc3ccc(OC)cc3)ccc2=O)nc1C. The van der Waals surface area contributed by atoms with E-state index in [9.17, 15) is 14.4 Å². The number of nitrogens with one attached hydrogen (secondary N) is 1. The van der Waals surface area contributed by atoms with Crippen LogP contribution in [0.5, 0.6) is 17.2 Å². The smallest absolute Gasteiger partial charge is 0.350 e. The maximum atomic E-state index is 12.3. The van der Waals surface area contributed by atoms with Gasteiger partial charge in [0, 0.05) is 12.3 Å². The molecule has 2 aromatic heterocycles. The highest BCUT2D eigenvalue weighted by Crippen LogP contribution is 2.23. The molecular formula is C23H25N3O7S. The minimum atomic E-state index is -0.525. The van der Waals surface area contributed by atoms with Crippen molar-refractivity contribution in [3.05, 3.63) is 63.0 Å². The molecule has 0 aliphatic carbocycles. The number of aromatic nitrogens is 2. The Kier molecular flexibility index (Phi) is 8.25. The van der Waals surface area contributed by atoms with Crippen molar-refractivity contribution in [2.75, 3.05) is 32.8 Å². The van der Waals surface area contributed by atoms with Crippen LogP contribution in [0.1, 0.15) is 21.1 Å². The second-order valence-electron chi connectivity index (χ2n) is 7.07. The van der Waals surface area contributed by atoms with Gasteiger partial charge < -0.3 is 23.5 Å². The van der Waals surface area contributed by atoms with Crippen LogP contribution in [-0.2, 0) is 16.1 Å². The number of hydrogen-bond donors (Lipinski definition) is 1. The van der Waals surface area contributed by atoms with Crippen molar-refractivity contribution in [2.45, 2.75) is 20.4 Å². The molecule has 0 bridgehead atoms. The van der Waals surface area contributed by atoms with Gasteiger partial charge in [-0.2, -0.15) is 0 Å². The Morgan fingerprint density at radius 2 is 1.76 bits per heavy atom. The molecule has 0 atom stereocenters. The van der Waals surface area contributed by atoms with Gasteiger partial charge in [0.1, 0.15) is 23.0 Å². The molecule has 0 saturated carbocycles. The summed E-state index contributed by atoms with van der Waals surface area (Å²) in [7, 11) is 2.87. The normalized spacial score (nSPS) is 10.5. The van der Waals surface area contributed by atoms with Gasteiger partial charge in [0.05, 0.1) is 32.2 Å². The number of hydrogen-bond acceptors (Lipinski definition) is 9. The molecule has 0 aliphatic rings. The second kappa shape index (κ2) is 11.3. The third-order valence-corrected chi connectivity index (χ3v) is 5.86. The van der Waals surface area contributed by atoms with Crippen LogP contribution >= 0.6 is 11.3 Å². The summed E-state index contributed by atoms with van der Waals surface area (Å²) >= 11 is 1.00. The molecule has 3 rings (SSSR count). The van der Waals surface area contributed by atoms with Gasteiger partial charge in [-0.25, -0.2) is 9.78 Å². The lowest BCUT2D eigenvalue weighted by Gasteiger charge is -2.15. The number of esters is 1. The fourth-order valence-electron chi connectivity index (χ4n) is 3.03. The number of amides is 1. The van der Waals surface area contributed by atoms with E-state index in [1.54, 1.807) is 39.3 Å². The van der Waals surface area contributed by atoms with Gasteiger partial charge in [-0.3, -0.25) is 14.9 Å². The number of benzene rings is 1. The number of thiazole rings is 1. The lowest BCUT2D eigenvalue weighted by Crippen LogP contribution is -2.24. The van der Waals surface area contributed by atoms with E-state index in [2.05, 4.69) is 15.0 Å². The van der Waals surface area contributed by atoms with E-state index in [1.807, 2.05) is 16.7 Å². The van der Waals surface area contributed by atoms with Crippen molar-refractivity contribution >= 4 is 28.3 Å². The van der Waals surface area contributed by atoms with Crippen molar-refractivity contribution in [1.29, 1.82) is 0 Å². The van der Waals surface area contributed by atoms with Crippen LogP contribution in [-0.4, -0.2) is 48.9 Å². The number of methoxy groups -OCH3 is 2. The van der Waals surface area contributed by atoms with E-state index in [0.717, 1.165) is 17.1 Å². The van der Waals surface area contributed by atoms with Crippen LogP contribution in [0.25, 0.3) is 0 Å². The zero-order chi connectivity index (χ0) is 24.7. The van der Waals surface area contributed by atoms with Crippen molar-refractivity contribution in [3.63, 3.8) is 0 Å². The fourth-order valence-corrected chi connectivity index (χ4v) is 3.93. The number of pyridine rings is 1. The third kappa shape index (κ3) is 6.13. The molecular weight excluding hydrogens is 462 g/mol. The highest BCUT2D eigenvalue weighted by Gasteiger charge is 2.18. The molecule has 1 amide bonds. The molecule has 34 heavy (non-hydrogen) atoms. The summed E-state index contributed by atoms with van der Waals surface area (Å²) in [4.78, 5) is 40.7. The number of rotatable bonds is 10. The first-order chi connectivity index (χ1) is 16.3. The molecule has 2 heterocycles. The largest absolute Gasteiger partial charge is 0.497 e. The minimum absolute atomic E-state index is 0.0765. The van der Waals surface area contributed by atoms with Crippen molar-refractivity contribution in [3.8, 4) is 17.2 Å². The predicted octanol–water partition coefficient (Wildman–Crippen LogP) is 2.81. The van der Waals surface area contributed by atoms with Crippen LogP contribution in [0, 0.1) is 13.8 Å². The zero-order valence-electron chi connectivity index (χ0n) is 19.2. The number of aryl methyl sites for hydroxylation is 1. The van der Waals surface area contributed by atoms with Gasteiger partial charge >= 0.3 is 5.97 Å². The average Bonchev–Trinajstić information content (AvgIpc) is 3.20. The predicted molar refractivity (Wildman–Crippen MR) is 126 cm³/mol. The maximum absolute atomic E-state index is 12.3. The Labute approximate surface area is 200 Å². The first kappa shape index (κ1) is 24.8. The van der Waals surface area contributed by atoms with Crippen LogP contribution < -0.4 is 25.0 Å². The number of carbonyl (C=O) groups excluding carboxylic acids is 2. The Morgan fingerprint density at radius 3 is 2.44 bits per heavy atom. The van der Waals surface area contributed by atoms with Crippen molar-refractivity contribution < 1.29 is 28.5 Å². The Morgan fingerprint density at radius 1 is 1.06 bits per heavy atom. The topological polar surface area (TPSA) is 118 Å². The number of nitrogens with zero attached hydrogens (tertiary/aromatic N) is 2.